The fourth-order valence-corrected chi connectivity index (χ4v) is 3.79. The smallest absolute Gasteiger partial charge is 0.419 e. The third-order valence-corrected chi connectivity index (χ3v) is 5.71. The molecule has 4 rings (SSSR count). The van der Waals surface area contributed by atoms with Gasteiger partial charge >= 0.3 is 12.2 Å². The average Bonchev–Trinajstić information content (AvgIpc) is 3.39. The number of carbonyl (C=O) groups excluding carboxylic acids is 1. The maximum atomic E-state index is 13.4. The highest BCUT2D eigenvalue weighted by Gasteiger charge is 2.35. The van der Waals surface area contributed by atoms with Crippen LogP contribution >= 0.6 is 0 Å². The minimum absolute atomic E-state index is 0.123. The van der Waals surface area contributed by atoms with E-state index in [1.165, 1.54) is 6.07 Å². The monoisotopic (exact) mass is 556 g/mol. The summed E-state index contributed by atoms with van der Waals surface area (Å²) in [6.07, 6.45) is -4.69. The zero-order valence-electron chi connectivity index (χ0n) is 22.0. The van der Waals surface area contributed by atoms with E-state index < -0.39 is 17.6 Å². The van der Waals surface area contributed by atoms with E-state index in [2.05, 4.69) is 15.4 Å². The van der Waals surface area contributed by atoms with Gasteiger partial charge in [0.2, 0.25) is 0 Å². The summed E-state index contributed by atoms with van der Waals surface area (Å²) in [5.74, 6) is 0.0317. The number of nitrogens with zero attached hydrogens (tertiary/aromatic N) is 3. The van der Waals surface area contributed by atoms with Crippen molar-refractivity contribution in [2.45, 2.75) is 13.1 Å². The molecule has 0 aliphatic rings. The Hall–Kier alpha value is -4.58. The van der Waals surface area contributed by atoms with E-state index in [1.807, 2.05) is 19.1 Å². The van der Waals surface area contributed by atoms with E-state index in [0.29, 0.717) is 36.2 Å². The number of halogens is 3. The molecule has 210 valence electrons. The first kappa shape index (κ1) is 28.4. The molecule has 0 aliphatic heterocycles. The first-order chi connectivity index (χ1) is 19.2. The summed E-state index contributed by atoms with van der Waals surface area (Å²) >= 11 is 0. The van der Waals surface area contributed by atoms with Gasteiger partial charge in [-0.25, -0.2) is 4.68 Å². The predicted molar refractivity (Wildman–Crippen MR) is 141 cm³/mol. The highest BCUT2D eigenvalue weighted by atomic mass is 19.4. The number of rotatable bonds is 11. The van der Waals surface area contributed by atoms with E-state index in [-0.39, 0.29) is 23.9 Å². The number of hydrogen-bond donors (Lipinski definition) is 1. The number of alkyl halides is 3. The molecule has 0 fully saturated rings. The molecular formula is C28H27F3N4O5. The number of amides is 1. The standard InChI is InChI=1S/C28H27F3N4O5/c1-4-39-14-15-40-27-33-25(18-8-11-22(37-2)12-9-18)35(34-27)21-7-5-6-20(17-21)32-26(36)19-10-13-24(38-3)23(16-19)28(29,30)31/h5-13,16-17H,4,14-15H2,1-3H3,(H,32,36). The van der Waals surface area contributed by atoms with Crippen molar-refractivity contribution in [3.8, 4) is 34.6 Å². The number of benzene rings is 3. The van der Waals surface area contributed by atoms with Crippen molar-refractivity contribution in [3.63, 3.8) is 0 Å². The first-order valence-electron chi connectivity index (χ1n) is 12.2. The zero-order chi connectivity index (χ0) is 28.7. The third-order valence-electron chi connectivity index (χ3n) is 5.71. The number of hydrogen-bond acceptors (Lipinski definition) is 7. The normalized spacial score (nSPS) is 11.2. The molecule has 0 atom stereocenters. The number of anilines is 1. The molecule has 9 nitrogen and oxygen atoms in total. The molecule has 4 aromatic rings. The van der Waals surface area contributed by atoms with Gasteiger partial charge in [-0.15, -0.1) is 5.10 Å². The van der Waals surface area contributed by atoms with Crippen LogP contribution in [-0.2, 0) is 10.9 Å². The van der Waals surface area contributed by atoms with Gasteiger partial charge in [0.25, 0.3) is 5.91 Å². The van der Waals surface area contributed by atoms with Crippen LogP contribution in [0.1, 0.15) is 22.8 Å². The van der Waals surface area contributed by atoms with Crippen molar-refractivity contribution in [3.05, 3.63) is 77.9 Å². The van der Waals surface area contributed by atoms with Crippen LogP contribution in [0.15, 0.2) is 66.7 Å². The maximum absolute atomic E-state index is 13.4. The molecule has 1 N–H and O–H groups in total. The van der Waals surface area contributed by atoms with E-state index in [0.717, 1.165) is 24.8 Å². The molecule has 1 aromatic heterocycles. The lowest BCUT2D eigenvalue weighted by atomic mass is 10.1. The molecule has 0 unspecified atom stereocenters. The quantitative estimate of drug-likeness (QED) is 0.239. The van der Waals surface area contributed by atoms with Crippen LogP contribution < -0.4 is 19.5 Å². The molecule has 0 saturated carbocycles. The van der Waals surface area contributed by atoms with Crippen molar-refractivity contribution < 1.29 is 36.9 Å². The summed E-state index contributed by atoms with van der Waals surface area (Å²) in [5.41, 5.74) is 0.367. The van der Waals surface area contributed by atoms with Crippen molar-refractivity contribution in [2.75, 3.05) is 39.4 Å². The lowest BCUT2D eigenvalue weighted by molar-refractivity contribution is -0.138. The molecule has 0 saturated heterocycles. The van der Waals surface area contributed by atoms with Crippen LogP contribution in [0.2, 0.25) is 0 Å². The molecule has 3 aromatic carbocycles. The third kappa shape index (κ3) is 6.70. The summed E-state index contributed by atoms with van der Waals surface area (Å²) < 4.78 is 62.8. The van der Waals surface area contributed by atoms with Gasteiger partial charge in [0.1, 0.15) is 18.1 Å². The minimum Gasteiger partial charge on any atom is -0.497 e. The topological polar surface area (TPSA) is 96.7 Å². The molecular weight excluding hydrogens is 529 g/mol. The summed E-state index contributed by atoms with van der Waals surface area (Å²) in [4.78, 5) is 17.4. The van der Waals surface area contributed by atoms with Crippen LogP contribution in [0, 0.1) is 0 Å². The Morgan fingerprint density at radius 3 is 2.42 bits per heavy atom. The average molecular weight is 557 g/mol. The number of ether oxygens (including phenoxy) is 4. The molecule has 0 aliphatic carbocycles. The highest BCUT2D eigenvalue weighted by Crippen LogP contribution is 2.37. The maximum Gasteiger partial charge on any atom is 0.419 e. The van der Waals surface area contributed by atoms with E-state index in [9.17, 15) is 18.0 Å². The van der Waals surface area contributed by atoms with Gasteiger partial charge in [-0.2, -0.15) is 18.2 Å². The van der Waals surface area contributed by atoms with Gasteiger partial charge in [-0.05, 0) is 67.6 Å². The Morgan fingerprint density at radius 1 is 0.975 bits per heavy atom. The molecule has 0 radical (unpaired) electrons. The molecule has 0 spiro atoms. The van der Waals surface area contributed by atoms with Crippen LogP contribution in [-0.4, -0.2) is 54.7 Å². The van der Waals surface area contributed by atoms with E-state index >= 15 is 0 Å². The second kappa shape index (κ2) is 12.5. The Balaban J connectivity index is 1.63. The Kier molecular flexibility index (Phi) is 8.90. The fraction of sp³-hybridized carbons (Fsp3) is 0.250. The predicted octanol–water partition coefficient (Wildman–Crippen LogP) is 5.64. The van der Waals surface area contributed by atoms with Gasteiger partial charge in [-0.3, -0.25) is 4.79 Å². The second-order valence-corrected chi connectivity index (χ2v) is 8.32. The summed E-state index contributed by atoms with van der Waals surface area (Å²) in [6, 6.07) is 17.1. The van der Waals surface area contributed by atoms with Crippen LogP contribution in [0.5, 0.6) is 17.5 Å². The number of aromatic nitrogens is 3. The van der Waals surface area contributed by atoms with Crippen molar-refractivity contribution in [1.82, 2.24) is 14.8 Å². The molecule has 12 heteroatoms. The molecule has 0 bridgehead atoms. The van der Waals surface area contributed by atoms with Crippen molar-refractivity contribution in [2.24, 2.45) is 0 Å². The fourth-order valence-electron chi connectivity index (χ4n) is 3.79. The zero-order valence-corrected chi connectivity index (χ0v) is 22.0. The van der Waals surface area contributed by atoms with E-state index in [1.54, 1.807) is 48.2 Å². The molecule has 1 heterocycles. The van der Waals surface area contributed by atoms with Crippen LogP contribution in [0.3, 0.4) is 0 Å². The van der Waals surface area contributed by atoms with Gasteiger partial charge in [0, 0.05) is 23.4 Å². The number of methoxy groups -OCH3 is 2. The summed E-state index contributed by atoms with van der Waals surface area (Å²) in [7, 11) is 2.70. The first-order valence-corrected chi connectivity index (χ1v) is 12.2. The SMILES string of the molecule is CCOCCOc1nc(-c2ccc(OC)cc2)n(-c2cccc(NC(=O)c3ccc(OC)c(C(F)(F)F)c3)c2)n1. The summed E-state index contributed by atoms with van der Waals surface area (Å²) in [5, 5.41) is 7.12. The summed E-state index contributed by atoms with van der Waals surface area (Å²) in [6.45, 7) is 3.04. The lowest BCUT2D eigenvalue weighted by Crippen LogP contribution is -2.15. The molecule has 40 heavy (non-hydrogen) atoms. The lowest BCUT2D eigenvalue weighted by Gasteiger charge is -2.14. The second-order valence-electron chi connectivity index (χ2n) is 8.32. The minimum atomic E-state index is -4.69. The van der Waals surface area contributed by atoms with Crippen molar-refractivity contribution >= 4 is 11.6 Å². The Labute approximate surface area is 228 Å². The van der Waals surface area contributed by atoms with Crippen molar-refractivity contribution in [1.29, 1.82) is 0 Å². The van der Waals surface area contributed by atoms with E-state index in [4.69, 9.17) is 18.9 Å². The van der Waals surface area contributed by atoms with Gasteiger partial charge in [0.15, 0.2) is 5.82 Å². The van der Waals surface area contributed by atoms with Gasteiger partial charge < -0.3 is 24.3 Å². The largest absolute Gasteiger partial charge is 0.497 e. The Morgan fingerprint density at radius 2 is 1.75 bits per heavy atom. The number of carbonyl (C=O) groups is 1. The Bertz CT molecular complexity index is 1460. The number of nitrogens with one attached hydrogen (secondary N) is 1. The van der Waals surface area contributed by atoms with Crippen LogP contribution in [0.25, 0.3) is 17.1 Å². The van der Waals surface area contributed by atoms with Gasteiger partial charge in [-0.1, -0.05) is 6.07 Å². The molecule has 1 amide bonds. The highest BCUT2D eigenvalue weighted by molar-refractivity contribution is 6.04. The van der Waals surface area contributed by atoms with Gasteiger partial charge in [0.05, 0.1) is 32.1 Å². The van der Waals surface area contributed by atoms with Crippen LogP contribution in [0.4, 0.5) is 18.9 Å².